The van der Waals surface area contributed by atoms with E-state index in [0.717, 1.165) is 38.3 Å². The lowest BCUT2D eigenvalue weighted by atomic mass is 10.0. The molecule has 0 spiro atoms. The lowest BCUT2D eigenvalue weighted by Crippen LogP contribution is -2.26. The van der Waals surface area contributed by atoms with Crippen LogP contribution >= 0.6 is 11.8 Å². The Morgan fingerprint density at radius 2 is 1.61 bits per heavy atom. The molecule has 0 fully saturated rings. The van der Waals surface area contributed by atoms with E-state index < -0.39 is 17.6 Å². The first-order chi connectivity index (χ1) is 15.8. The minimum Gasteiger partial charge on any atom is -0.352 e. The van der Waals surface area contributed by atoms with E-state index in [9.17, 15) is 18.0 Å². The van der Waals surface area contributed by atoms with Crippen LogP contribution in [0.1, 0.15) is 27.0 Å². The number of hydrogen-bond donors (Lipinski definition) is 1. The lowest BCUT2D eigenvalue weighted by molar-refractivity contribution is -0.137. The maximum atomic E-state index is 12.9. The molecule has 1 amide bonds. The van der Waals surface area contributed by atoms with Crippen molar-refractivity contribution in [3.8, 4) is 0 Å². The van der Waals surface area contributed by atoms with Crippen molar-refractivity contribution in [1.29, 1.82) is 0 Å². The van der Waals surface area contributed by atoms with E-state index in [1.165, 1.54) is 17.7 Å². The van der Waals surface area contributed by atoms with Gasteiger partial charge < -0.3 is 5.32 Å². The van der Waals surface area contributed by atoms with Crippen molar-refractivity contribution < 1.29 is 18.0 Å². The molecule has 6 heteroatoms. The molecule has 33 heavy (non-hydrogen) atoms. The first-order valence-electron chi connectivity index (χ1n) is 10.5. The summed E-state index contributed by atoms with van der Waals surface area (Å²) in [6.45, 7) is 2.38. The molecule has 0 radical (unpaired) electrons. The second-order valence-corrected chi connectivity index (χ2v) is 8.95. The fourth-order valence-electron chi connectivity index (χ4n) is 3.59. The standard InChI is InChI=1S/C27H22F3NOS/c1-18-8-11-23(12-9-18)33-24-13-10-19-4-2-5-20(25(19)17-24)14-15-31-26(32)21-6-3-7-22(16-21)27(28,29)30/h2-13,16-17H,14-15H2,1H3,(H,31,32). The van der Waals surface area contributed by atoms with Crippen LogP contribution in [0.2, 0.25) is 0 Å². The summed E-state index contributed by atoms with van der Waals surface area (Å²) < 4.78 is 38.7. The average molecular weight is 466 g/mol. The molecule has 0 aliphatic heterocycles. The Morgan fingerprint density at radius 1 is 0.879 bits per heavy atom. The van der Waals surface area contributed by atoms with Gasteiger partial charge >= 0.3 is 6.18 Å². The molecule has 1 N–H and O–H groups in total. The van der Waals surface area contributed by atoms with Crippen LogP contribution in [-0.4, -0.2) is 12.5 Å². The van der Waals surface area contributed by atoms with Crippen LogP contribution in [0.3, 0.4) is 0 Å². The van der Waals surface area contributed by atoms with Gasteiger partial charge in [0.25, 0.3) is 5.91 Å². The second kappa shape index (κ2) is 9.71. The molecule has 168 valence electrons. The summed E-state index contributed by atoms with van der Waals surface area (Å²) in [5, 5.41) is 4.94. The largest absolute Gasteiger partial charge is 0.416 e. The van der Waals surface area contributed by atoms with Crippen LogP contribution < -0.4 is 5.32 Å². The monoisotopic (exact) mass is 465 g/mol. The van der Waals surface area contributed by atoms with E-state index in [4.69, 9.17) is 0 Å². The fourth-order valence-corrected chi connectivity index (χ4v) is 4.45. The second-order valence-electron chi connectivity index (χ2n) is 7.80. The summed E-state index contributed by atoms with van der Waals surface area (Å²) in [5.74, 6) is -0.517. The van der Waals surface area contributed by atoms with Crippen molar-refractivity contribution in [2.45, 2.75) is 29.3 Å². The molecule has 0 saturated carbocycles. The van der Waals surface area contributed by atoms with Gasteiger partial charge in [0, 0.05) is 21.9 Å². The van der Waals surface area contributed by atoms with Gasteiger partial charge in [0.05, 0.1) is 5.56 Å². The Hall–Kier alpha value is -3.25. The van der Waals surface area contributed by atoms with Crippen LogP contribution in [0.4, 0.5) is 13.2 Å². The Kier molecular flexibility index (Phi) is 6.75. The van der Waals surface area contributed by atoms with E-state index in [2.05, 4.69) is 54.7 Å². The van der Waals surface area contributed by atoms with E-state index in [-0.39, 0.29) is 5.56 Å². The maximum Gasteiger partial charge on any atom is 0.416 e. The number of halogens is 3. The highest BCUT2D eigenvalue weighted by Gasteiger charge is 2.30. The summed E-state index contributed by atoms with van der Waals surface area (Å²) in [7, 11) is 0. The Morgan fingerprint density at radius 3 is 2.36 bits per heavy atom. The van der Waals surface area contributed by atoms with Crippen molar-refractivity contribution in [2.24, 2.45) is 0 Å². The molecule has 0 heterocycles. The Balaban J connectivity index is 1.46. The zero-order chi connectivity index (χ0) is 23.4. The molecule has 0 unspecified atom stereocenters. The highest BCUT2D eigenvalue weighted by molar-refractivity contribution is 7.99. The molecule has 0 aromatic heterocycles. The third-order valence-electron chi connectivity index (χ3n) is 5.33. The van der Waals surface area contributed by atoms with Crippen molar-refractivity contribution in [2.75, 3.05) is 6.54 Å². The van der Waals surface area contributed by atoms with Gasteiger partial charge in [-0.25, -0.2) is 0 Å². The zero-order valence-electron chi connectivity index (χ0n) is 17.9. The number of fused-ring (bicyclic) bond motifs is 1. The van der Waals surface area contributed by atoms with Crippen LogP contribution in [0, 0.1) is 6.92 Å². The molecule has 0 bridgehead atoms. The smallest absolute Gasteiger partial charge is 0.352 e. The van der Waals surface area contributed by atoms with Gasteiger partial charge in [-0.1, -0.05) is 59.8 Å². The number of carbonyl (C=O) groups excluding carboxylic acids is 1. The molecule has 0 aliphatic carbocycles. The summed E-state index contributed by atoms with van der Waals surface area (Å²) in [4.78, 5) is 14.7. The van der Waals surface area contributed by atoms with E-state index >= 15 is 0 Å². The van der Waals surface area contributed by atoms with E-state index in [0.29, 0.717) is 13.0 Å². The topological polar surface area (TPSA) is 29.1 Å². The fraction of sp³-hybridized carbons (Fsp3) is 0.148. The van der Waals surface area contributed by atoms with Crippen molar-refractivity contribution in [1.82, 2.24) is 5.32 Å². The van der Waals surface area contributed by atoms with Gasteiger partial charge in [0.15, 0.2) is 0 Å². The molecule has 4 aromatic rings. The van der Waals surface area contributed by atoms with Gasteiger partial charge in [-0.05, 0) is 72.1 Å². The van der Waals surface area contributed by atoms with Crippen LogP contribution in [0.5, 0.6) is 0 Å². The number of amides is 1. The van der Waals surface area contributed by atoms with Gasteiger partial charge in [-0.3, -0.25) is 4.79 Å². The molecule has 4 aromatic carbocycles. The van der Waals surface area contributed by atoms with E-state index in [1.807, 2.05) is 18.2 Å². The number of carbonyl (C=O) groups is 1. The predicted molar refractivity (Wildman–Crippen MR) is 127 cm³/mol. The van der Waals surface area contributed by atoms with Crippen molar-refractivity contribution >= 4 is 28.4 Å². The first kappa shape index (κ1) is 22.9. The van der Waals surface area contributed by atoms with E-state index in [1.54, 1.807) is 11.8 Å². The van der Waals surface area contributed by atoms with Gasteiger partial charge in [0.2, 0.25) is 0 Å². The van der Waals surface area contributed by atoms with Crippen molar-refractivity contribution in [3.63, 3.8) is 0 Å². The Labute approximate surface area is 194 Å². The third kappa shape index (κ3) is 5.76. The molecule has 0 saturated heterocycles. The molecule has 0 aliphatic rings. The number of hydrogen-bond acceptors (Lipinski definition) is 2. The van der Waals surface area contributed by atoms with Crippen LogP contribution in [0.25, 0.3) is 10.8 Å². The summed E-state index contributed by atoms with van der Waals surface area (Å²) in [6, 6.07) is 25.2. The van der Waals surface area contributed by atoms with Crippen LogP contribution in [-0.2, 0) is 12.6 Å². The molecule has 2 nitrogen and oxygen atoms in total. The average Bonchev–Trinajstić information content (AvgIpc) is 2.80. The quantitative estimate of drug-likeness (QED) is 0.324. The minimum atomic E-state index is -4.48. The highest BCUT2D eigenvalue weighted by Crippen LogP contribution is 2.32. The molecular weight excluding hydrogens is 443 g/mol. The normalized spacial score (nSPS) is 11.5. The summed E-state index contributed by atoms with van der Waals surface area (Å²) in [6.07, 6.45) is -3.91. The highest BCUT2D eigenvalue weighted by atomic mass is 32.2. The minimum absolute atomic E-state index is 0.000436. The number of aryl methyl sites for hydroxylation is 1. The Bertz CT molecular complexity index is 1280. The summed E-state index contributed by atoms with van der Waals surface area (Å²) in [5.41, 5.74) is 1.46. The molecular formula is C27H22F3NOS. The predicted octanol–water partition coefficient (Wildman–Crippen LogP) is 7.29. The number of nitrogens with one attached hydrogen (secondary N) is 1. The summed E-state index contributed by atoms with van der Waals surface area (Å²) >= 11 is 1.69. The molecule has 0 atom stereocenters. The number of benzene rings is 4. The van der Waals surface area contributed by atoms with Crippen molar-refractivity contribution in [3.05, 3.63) is 107 Å². The van der Waals surface area contributed by atoms with Gasteiger partial charge in [0.1, 0.15) is 0 Å². The maximum absolute atomic E-state index is 12.9. The SMILES string of the molecule is Cc1ccc(Sc2ccc3cccc(CCNC(=O)c4cccc(C(F)(F)F)c4)c3c2)cc1. The number of rotatable bonds is 6. The van der Waals surface area contributed by atoms with Gasteiger partial charge in [-0.15, -0.1) is 0 Å². The van der Waals surface area contributed by atoms with Gasteiger partial charge in [-0.2, -0.15) is 13.2 Å². The molecule has 4 rings (SSSR count). The zero-order valence-corrected chi connectivity index (χ0v) is 18.8. The number of alkyl halides is 3. The first-order valence-corrected chi connectivity index (χ1v) is 11.3. The lowest BCUT2D eigenvalue weighted by Gasteiger charge is -2.11. The van der Waals surface area contributed by atoms with Crippen LogP contribution in [0.15, 0.2) is 94.7 Å². The third-order valence-corrected chi connectivity index (χ3v) is 6.33.